The van der Waals surface area contributed by atoms with Crippen molar-refractivity contribution in [1.29, 1.82) is 0 Å². The molecule has 1 heterocycles. The van der Waals surface area contributed by atoms with Crippen molar-refractivity contribution >= 4 is 10.0 Å². The summed E-state index contributed by atoms with van der Waals surface area (Å²) < 4.78 is 24.8. The number of piperidine rings is 1. The molecule has 0 aromatic rings. The maximum atomic E-state index is 11.6. The molecule has 1 fully saturated rings. The van der Waals surface area contributed by atoms with Gasteiger partial charge < -0.3 is 0 Å². The van der Waals surface area contributed by atoms with Crippen LogP contribution in [0, 0.1) is 0 Å². The molecule has 4 nitrogen and oxygen atoms in total. The van der Waals surface area contributed by atoms with Gasteiger partial charge in [-0.05, 0) is 47.6 Å². The van der Waals surface area contributed by atoms with E-state index in [1.165, 1.54) is 10.6 Å². The van der Waals surface area contributed by atoms with Crippen LogP contribution in [-0.2, 0) is 10.0 Å². The lowest BCUT2D eigenvalue weighted by Gasteiger charge is -2.54. The van der Waals surface area contributed by atoms with Gasteiger partial charge in [0.25, 0.3) is 0 Å². The Morgan fingerprint density at radius 1 is 1.12 bits per heavy atom. The maximum Gasteiger partial charge on any atom is 0.211 e. The first-order chi connectivity index (χ1) is 7.38. The van der Waals surface area contributed by atoms with Gasteiger partial charge in [0.1, 0.15) is 0 Å². The van der Waals surface area contributed by atoms with Crippen LogP contribution in [-0.4, -0.2) is 55.1 Å². The van der Waals surface area contributed by atoms with Crippen LogP contribution in [0.15, 0.2) is 0 Å². The van der Waals surface area contributed by atoms with E-state index >= 15 is 0 Å². The quantitative estimate of drug-likeness (QED) is 0.758. The summed E-state index contributed by atoms with van der Waals surface area (Å²) in [7, 11) is 0.708. The third-order valence-electron chi connectivity index (χ3n) is 4.32. The fourth-order valence-corrected chi connectivity index (χ4v) is 3.54. The number of nitrogens with zero attached hydrogens (tertiary/aromatic N) is 2. The minimum Gasteiger partial charge on any atom is -0.296 e. The van der Waals surface area contributed by atoms with Crippen molar-refractivity contribution in [2.45, 2.75) is 57.7 Å². The summed E-state index contributed by atoms with van der Waals surface area (Å²) in [6, 6.07) is 0.0891. The number of hydrogen-bond acceptors (Lipinski definition) is 3. The molecule has 0 aromatic heterocycles. The van der Waals surface area contributed by atoms with Crippen LogP contribution in [0.1, 0.15) is 40.5 Å². The molecule has 102 valence electrons. The van der Waals surface area contributed by atoms with Gasteiger partial charge in [0.2, 0.25) is 10.0 Å². The smallest absolute Gasteiger partial charge is 0.211 e. The third-order valence-corrected chi connectivity index (χ3v) is 5.67. The number of rotatable bonds is 2. The van der Waals surface area contributed by atoms with Crippen LogP contribution in [0.25, 0.3) is 0 Å². The molecule has 0 atom stereocenters. The van der Waals surface area contributed by atoms with Gasteiger partial charge in [0.15, 0.2) is 0 Å². The topological polar surface area (TPSA) is 40.6 Å². The Hall–Kier alpha value is -0.130. The van der Waals surface area contributed by atoms with Crippen LogP contribution in [0.2, 0.25) is 0 Å². The van der Waals surface area contributed by atoms with E-state index in [2.05, 4.69) is 39.6 Å². The zero-order chi connectivity index (χ0) is 13.6. The highest BCUT2D eigenvalue weighted by Gasteiger charge is 2.45. The minimum atomic E-state index is -3.11. The van der Waals surface area contributed by atoms with Crippen molar-refractivity contribution in [2.24, 2.45) is 0 Å². The summed E-state index contributed by atoms with van der Waals surface area (Å²) in [6.07, 6.45) is 3.03. The molecule has 5 heteroatoms. The highest BCUT2D eigenvalue weighted by Crippen LogP contribution is 2.38. The first kappa shape index (κ1) is 14.9. The molecule has 0 aliphatic carbocycles. The molecular formula is C12H26N2O2S. The average molecular weight is 262 g/mol. The second-order valence-corrected chi connectivity index (χ2v) is 8.57. The Morgan fingerprint density at radius 2 is 1.47 bits per heavy atom. The maximum absolute atomic E-state index is 11.6. The Balaban J connectivity index is 3.01. The van der Waals surface area contributed by atoms with E-state index < -0.39 is 10.0 Å². The normalized spacial score (nSPS) is 26.4. The van der Waals surface area contributed by atoms with Gasteiger partial charge in [-0.1, -0.05) is 0 Å². The van der Waals surface area contributed by atoms with Crippen LogP contribution in [0.4, 0.5) is 0 Å². The van der Waals surface area contributed by atoms with E-state index in [4.69, 9.17) is 0 Å². The fourth-order valence-electron chi connectivity index (χ4n) is 2.85. The number of hydrogen-bond donors (Lipinski definition) is 0. The standard InChI is InChI=1S/C12H26N2O2S/c1-11(2)8-10(13(5)17(7,15)16)9-12(3,4)14(11)6/h10H,8-9H2,1-7H3. The van der Waals surface area contributed by atoms with E-state index in [9.17, 15) is 8.42 Å². The molecule has 0 unspecified atom stereocenters. The van der Waals surface area contributed by atoms with Crippen LogP contribution in [0.3, 0.4) is 0 Å². The Morgan fingerprint density at radius 3 is 1.76 bits per heavy atom. The van der Waals surface area contributed by atoms with Crippen LogP contribution >= 0.6 is 0 Å². The van der Waals surface area contributed by atoms with E-state index in [0.29, 0.717) is 0 Å². The van der Waals surface area contributed by atoms with Crippen molar-refractivity contribution in [3.8, 4) is 0 Å². The summed E-state index contributed by atoms with van der Waals surface area (Å²) in [5.74, 6) is 0. The number of likely N-dealkylation sites (tertiary alicyclic amines) is 1. The Kier molecular flexibility index (Phi) is 3.70. The largest absolute Gasteiger partial charge is 0.296 e. The van der Waals surface area contributed by atoms with Gasteiger partial charge in [-0.15, -0.1) is 0 Å². The molecule has 1 aliphatic rings. The zero-order valence-electron chi connectivity index (χ0n) is 12.1. The highest BCUT2D eigenvalue weighted by molar-refractivity contribution is 7.88. The van der Waals surface area contributed by atoms with Gasteiger partial charge in [-0.25, -0.2) is 12.7 Å². The van der Waals surface area contributed by atoms with E-state index in [1.54, 1.807) is 7.05 Å². The molecule has 0 aromatic carbocycles. The monoisotopic (exact) mass is 262 g/mol. The molecule has 1 rings (SSSR count). The first-order valence-corrected chi connectivity index (χ1v) is 7.90. The van der Waals surface area contributed by atoms with Gasteiger partial charge in [-0.2, -0.15) is 0 Å². The average Bonchev–Trinajstić information content (AvgIpc) is 2.10. The second-order valence-electron chi connectivity index (χ2n) is 6.53. The zero-order valence-corrected chi connectivity index (χ0v) is 12.9. The molecule has 0 spiro atoms. The summed E-state index contributed by atoms with van der Waals surface area (Å²) in [5, 5.41) is 0. The van der Waals surface area contributed by atoms with Crippen LogP contribution in [0.5, 0.6) is 0 Å². The van der Waals surface area contributed by atoms with Crippen molar-refractivity contribution in [3.63, 3.8) is 0 Å². The van der Waals surface area contributed by atoms with Crippen molar-refractivity contribution in [2.75, 3.05) is 20.4 Å². The third kappa shape index (κ3) is 3.01. The predicted octanol–water partition coefficient (Wildman–Crippen LogP) is 1.53. The van der Waals surface area contributed by atoms with Gasteiger partial charge in [-0.3, -0.25) is 4.90 Å². The molecule has 1 aliphatic heterocycles. The molecule has 1 saturated heterocycles. The highest BCUT2D eigenvalue weighted by atomic mass is 32.2. The van der Waals surface area contributed by atoms with Gasteiger partial charge >= 0.3 is 0 Å². The SMILES string of the molecule is CN1C(C)(C)CC(N(C)S(C)(=O)=O)CC1(C)C. The lowest BCUT2D eigenvalue weighted by Crippen LogP contribution is -2.62. The molecule has 17 heavy (non-hydrogen) atoms. The van der Waals surface area contributed by atoms with E-state index in [1.807, 2.05) is 0 Å². The molecule has 0 radical (unpaired) electrons. The first-order valence-electron chi connectivity index (χ1n) is 6.05. The van der Waals surface area contributed by atoms with Crippen molar-refractivity contribution in [1.82, 2.24) is 9.21 Å². The van der Waals surface area contributed by atoms with Crippen molar-refractivity contribution < 1.29 is 8.42 Å². The molecule has 0 N–H and O–H groups in total. The van der Waals surface area contributed by atoms with E-state index in [-0.39, 0.29) is 17.1 Å². The summed E-state index contributed by atoms with van der Waals surface area (Å²) in [4.78, 5) is 2.35. The second kappa shape index (κ2) is 4.21. The molecule has 0 saturated carbocycles. The van der Waals surface area contributed by atoms with Gasteiger partial charge in [0.05, 0.1) is 6.26 Å². The van der Waals surface area contributed by atoms with Gasteiger partial charge in [0, 0.05) is 24.2 Å². The molecule has 0 bridgehead atoms. The predicted molar refractivity (Wildman–Crippen MR) is 71.5 cm³/mol. The minimum absolute atomic E-state index is 0.0192. The Bertz CT molecular complexity index is 369. The summed E-state index contributed by atoms with van der Waals surface area (Å²) >= 11 is 0. The number of sulfonamides is 1. The lowest BCUT2D eigenvalue weighted by molar-refractivity contribution is -0.0292. The molecular weight excluding hydrogens is 236 g/mol. The van der Waals surface area contributed by atoms with Crippen molar-refractivity contribution in [3.05, 3.63) is 0 Å². The molecule has 0 amide bonds. The van der Waals surface area contributed by atoms with Crippen LogP contribution < -0.4 is 0 Å². The fraction of sp³-hybridized carbons (Fsp3) is 1.00. The summed E-state index contributed by atoms with van der Waals surface area (Å²) in [5.41, 5.74) is 0.0384. The summed E-state index contributed by atoms with van der Waals surface area (Å²) in [6.45, 7) is 8.71. The Labute approximate surface area is 106 Å². The van der Waals surface area contributed by atoms with E-state index in [0.717, 1.165) is 12.8 Å². The lowest BCUT2D eigenvalue weighted by atomic mass is 9.77.